The molecule has 4 aliphatic rings. The number of esters is 1. The fraction of sp³-hybridized carbons (Fsp3) is 0.667. The fourth-order valence-electron chi connectivity index (χ4n) is 6.96. The van der Waals surface area contributed by atoms with E-state index in [4.69, 9.17) is 14.2 Å². The average Bonchev–Trinajstić information content (AvgIpc) is 3.06. The third-order valence-electron chi connectivity index (χ3n) is 8.82. The van der Waals surface area contributed by atoms with Crippen molar-refractivity contribution < 1.29 is 19.0 Å². The third-order valence-corrected chi connectivity index (χ3v) is 8.82. The normalized spacial score (nSPS) is 36.5. The van der Waals surface area contributed by atoms with Gasteiger partial charge in [-0.15, -0.1) is 0 Å². The topological polar surface area (TPSA) is 48.0 Å². The Bertz CT molecular complexity index is 940. The SMILES string of the molecule is COc1cc2c(cc1OC)[C@H](C)N(C[C@@H]1C(=O)O[C@@H]3C[C@]4(C)CCC[C@@H](C)C4=C[C@@H]13)CC2. The summed E-state index contributed by atoms with van der Waals surface area (Å²) in [5, 5.41) is 0. The van der Waals surface area contributed by atoms with E-state index in [1.807, 2.05) is 0 Å². The number of allylic oxidation sites excluding steroid dienone is 1. The lowest BCUT2D eigenvalue weighted by atomic mass is 9.59. The summed E-state index contributed by atoms with van der Waals surface area (Å²) < 4.78 is 17.0. The molecule has 0 N–H and O–H groups in total. The van der Waals surface area contributed by atoms with E-state index in [0.717, 1.165) is 37.4 Å². The van der Waals surface area contributed by atoms with E-state index in [9.17, 15) is 4.79 Å². The van der Waals surface area contributed by atoms with Crippen molar-refractivity contribution in [1.82, 2.24) is 4.90 Å². The third kappa shape index (κ3) is 3.44. The fourth-order valence-corrected chi connectivity index (χ4v) is 6.96. The first-order chi connectivity index (χ1) is 15.3. The number of benzene rings is 1. The predicted octanol–water partition coefficient (Wildman–Crippen LogP) is 4.94. The van der Waals surface area contributed by atoms with Gasteiger partial charge in [-0.3, -0.25) is 9.69 Å². The molecule has 5 rings (SSSR count). The lowest BCUT2D eigenvalue weighted by Crippen LogP contribution is -2.42. The van der Waals surface area contributed by atoms with E-state index in [0.29, 0.717) is 5.92 Å². The van der Waals surface area contributed by atoms with E-state index in [2.05, 4.69) is 43.9 Å². The largest absolute Gasteiger partial charge is 0.493 e. The highest BCUT2D eigenvalue weighted by Crippen LogP contribution is 2.54. The van der Waals surface area contributed by atoms with Crippen molar-refractivity contribution in [2.24, 2.45) is 23.2 Å². The molecule has 0 spiro atoms. The number of rotatable bonds is 4. The number of hydrogen-bond donors (Lipinski definition) is 0. The number of hydrogen-bond acceptors (Lipinski definition) is 5. The summed E-state index contributed by atoms with van der Waals surface area (Å²) in [7, 11) is 3.36. The maximum Gasteiger partial charge on any atom is 0.311 e. The molecule has 0 aromatic heterocycles. The zero-order valence-electron chi connectivity index (χ0n) is 20.1. The number of ether oxygens (including phenoxy) is 3. The van der Waals surface area contributed by atoms with Crippen LogP contribution in [0.2, 0.25) is 0 Å². The molecule has 5 nitrogen and oxygen atoms in total. The molecule has 5 heteroatoms. The molecular weight excluding hydrogens is 402 g/mol. The summed E-state index contributed by atoms with van der Waals surface area (Å²) >= 11 is 0. The first-order valence-electron chi connectivity index (χ1n) is 12.3. The molecule has 2 fully saturated rings. The highest BCUT2D eigenvalue weighted by atomic mass is 16.6. The minimum absolute atomic E-state index is 0.00272. The van der Waals surface area contributed by atoms with Crippen LogP contribution >= 0.6 is 0 Å². The van der Waals surface area contributed by atoms with Crippen LogP contribution < -0.4 is 9.47 Å². The van der Waals surface area contributed by atoms with Crippen molar-refractivity contribution in [1.29, 1.82) is 0 Å². The van der Waals surface area contributed by atoms with Gasteiger partial charge in [0.1, 0.15) is 6.10 Å². The molecule has 2 aliphatic carbocycles. The summed E-state index contributed by atoms with van der Waals surface area (Å²) in [6.45, 7) is 8.68. The Morgan fingerprint density at radius 1 is 1.19 bits per heavy atom. The molecule has 1 aromatic rings. The van der Waals surface area contributed by atoms with Crippen LogP contribution in [0.1, 0.15) is 63.6 Å². The molecule has 1 saturated carbocycles. The monoisotopic (exact) mass is 439 g/mol. The van der Waals surface area contributed by atoms with Gasteiger partial charge in [0.2, 0.25) is 0 Å². The lowest BCUT2D eigenvalue weighted by molar-refractivity contribution is -0.145. The van der Waals surface area contributed by atoms with Crippen molar-refractivity contribution in [3.8, 4) is 11.5 Å². The van der Waals surface area contributed by atoms with Crippen LogP contribution in [0.5, 0.6) is 11.5 Å². The van der Waals surface area contributed by atoms with Crippen molar-refractivity contribution in [3.05, 3.63) is 34.9 Å². The van der Waals surface area contributed by atoms with E-state index in [-0.39, 0.29) is 35.4 Å². The van der Waals surface area contributed by atoms with Gasteiger partial charge in [0.25, 0.3) is 0 Å². The Kier molecular flexibility index (Phi) is 5.51. The first kappa shape index (κ1) is 21.8. The van der Waals surface area contributed by atoms with Crippen LogP contribution in [0, 0.1) is 23.2 Å². The molecule has 1 saturated heterocycles. The maximum absolute atomic E-state index is 13.0. The van der Waals surface area contributed by atoms with Crippen molar-refractivity contribution in [3.63, 3.8) is 0 Å². The molecular formula is C27H37NO4. The Balaban J connectivity index is 1.39. The van der Waals surface area contributed by atoms with Gasteiger partial charge in [0.05, 0.1) is 20.1 Å². The molecule has 0 amide bonds. The van der Waals surface area contributed by atoms with E-state index < -0.39 is 0 Å². The number of carbonyl (C=O) groups is 1. The average molecular weight is 440 g/mol. The molecule has 0 unspecified atom stereocenters. The van der Waals surface area contributed by atoms with Gasteiger partial charge in [0, 0.05) is 25.0 Å². The van der Waals surface area contributed by atoms with Gasteiger partial charge in [-0.05, 0) is 67.2 Å². The molecule has 0 radical (unpaired) electrons. The second kappa shape index (κ2) is 8.09. The second-order valence-corrected chi connectivity index (χ2v) is 10.7. The van der Waals surface area contributed by atoms with Crippen molar-refractivity contribution in [2.45, 2.75) is 65.0 Å². The van der Waals surface area contributed by atoms with Gasteiger partial charge >= 0.3 is 5.97 Å². The summed E-state index contributed by atoms with van der Waals surface area (Å²) in [4.78, 5) is 15.5. The summed E-state index contributed by atoms with van der Waals surface area (Å²) in [5.41, 5.74) is 4.38. The quantitative estimate of drug-likeness (QED) is 0.491. The number of fused-ring (bicyclic) bond motifs is 3. The summed E-state index contributed by atoms with van der Waals surface area (Å²) in [5.74, 6) is 2.31. The smallest absolute Gasteiger partial charge is 0.311 e. The Labute approximate surface area is 192 Å². The van der Waals surface area contributed by atoms with Crippen molar-refractivity contribution >= 4 is 5.97 Å². The standard InChI is InChI=1S/C27H37NO4/c1-16-7-6-9-27(3)14-25-20(12-22(16)27)21(26(29)32-25)15-28-10-8-18-11-23(30-4)24(31-5)13-19(18)17(28)2/h11-13,16-17,20-21,25H,6-10,14-15H2,1-5H3/t16-,17+,20+,21+,25-,27+/m1/s1. The number of methoxy groups -OCH3 is 2. The Morgan fingerprint density at radius 3 is 2.69 bits per heavy atom. The molecule has 2 aliphatic heterocycles. The highest BCUT2D eigenvalue weighted by molar-refractivity contribution is 5.76. The van der Waals surface area contributed by atoms with Gasteiger partial charge in [-0.2, -0.15) is 0 Å². The lowest BCUT2D eigenvalue weighted by Gasteiger charge is -2.46. The van der Waals surface area contributed by atoms with E-state index in [1.54, 1.807) is 19.8 Å². The molecule has 1 aromatic carbocycles. The van der Waals surface area contributed by atoms with Crippen LogP contribution in [0.4, 0.5) is 0 Å². The second-order valence-electron chi connectivity index (χ2n) is 10.7. The van der Waals surface area contributed by atoms with E-state index in [1.165, 1.54) is 30.4 Å². The van der Waals surface area contributed by atoms with Crippen LogP contribution in [0.15, 0.2) is 23.8 Å². The molecule has 6 atom stereocenters. The van der Waals surface area contributed by atoms with Crippen LogP contribution in [-0.4, -0.2) is 44.3 Å². The molecule has 174 valence electrons. The zero-order chi connectivity index (χ0) is 22.6. The maximum atomic E-state index is 13.0. The van der Waals surface area contributed by atoms with Crippen LogP contribution in [0.3, 0.4) is 0 Å². The van der Waals surface area contributed by atoms with Crippen molar-refractivity contribution in [2.75, 3.05) is 27.3 Å². The number of carbonyl (C=O) groups excluding carboxylic acids is 1. The van der Waals surface area contributed by atoms with Gasteiger partial charge < -0.3 is 14.2 Å². The van der Waals surface area contributed by atoms with Crippen LogP contribution in [0.25, 0.3) is 0 Å². The zero-order valence-corrected chi connectivity index (χ0v) is 20.1. The predicted molar refractivity (Wildman–Crippen MR) is 124 cm³/mol. The highest BCUT2D eigenvalue weighted by Gasteiger charge is 2.52. The summed E-state index contributed by atoms with van der Waals surface area (Å²) in [6.07, 6.45) is 8.22. The molecule has 0 bridgehead atoms. The minimum atomic E-state index is -0.0738. The van der Waals surface area contributed by atoms with Gasteiger partial charge in [0.15, 0.2) is 11.5 Å². The van der Waals surface area contributed by atoms with Gasteiger partial charge in [-0.1, -0.05) is 31.9 Å². The van der Waals surface area contributed by atoms with Gasteiger partial charge in [-0.25, -0.2) is 0 Å². The summed E-state index contributed by atoms with van der Waals surface area (Å²) in [6, 6.07) is 4.44. The molecule has 2 heterocycles. The first-order valence-corrected chi connectivity index (χ1v) is 12.3. The molecule has 32 heavy (non-hydrogen) atoms. The minimum Gasteiger partial charge on any atom is -0.493 e. The Morgan fingerprint density at radius 2 is 1.94 bits per heavy atom. The number of nitrogens with zero attached hydrogens (tertiary/aromatic N) is 1. The van der Waals surface area contributed by atoms with E-state index >= 15 is 0 Å². The Hall–Kier alpha value is -2.01. The van der Waals surface area contributed by atoms with Crippen LogP contribution in [-0.2, 0) is 16.0 Å².